The van der Waals surface area contributed by atoms with E-state index in [1.807, 2.05) is 49.4 Å². The summed E-state index contributed by atoms with van der Waals surface area (Å²) in [6.07, 6.45) is 0. The SMILES string of the molecule is Cc1ccc(C(=O)Nc2nc(-c3ccc(C)cc3)c(-c3ccccc3)s2)cc1. The molecule has 4 heteroatoms. The predicted octanol–water partition coefficient (Wildman–Crippen LogP) is 6.35. The monoisotopic (exact) mass is 384 g/mol. The lowest BCUT2D eigenvalue weighted by Crippen LogP contribution is -2.11. The van der Waals surface area contributed by atoms with Crippen LogP contribution in [0, 0.1) is 13.8 Å². The number of carbonyl (C=O) groups is 1. The topological polar surface area (TPSA) is 42.0 Å². The summed E-state index contributed by atoms with van der Waals surface area (Å²) in [5.41, 5.74) is 5.96. The zero-order valence-electron chi connectivity index (χ0n) is 15.8. The van der Waals surface area contributed by atoms with Gasteiger partial charge in [0.2, 0.25) is 0 Å². The number of hydrogen-bond acceptors (Lipinski definition) is 3. The molecule has 0 fully saturated rings. The van der Waals surface area contributed by atoms with Crippen LogP contribution in [0.3, 0.4) is 0 Å². The summed E-state index contributed by atoms with van der Waals surface area (Å²) in [6.45, 7) is 4.07. The third kappa shape index (κ3) is 3.87. The van der Waals surface area contributed by atoms with Crippen LogP contribution in [0.15, 0.2) is 78.9 Å². The molecule has 0 aliphatic rings. The first-order valence-corrected chi connectivity index (χ1v) is 9.93. The Morgan fingerprint density at radius 3 is 2.04 bits per heavy atom. The number of hydrogen-bond donors (Lipinski definition) is 1. The molecule has 138 valence electrons. The van der Waals surface area contributed by atoms with Gasteiger partial charge in [-0.3, -0.25) is 10.1 Å². The Hall–Kier alpha value is -3.24. The van der Waals surface area contributed by atoms with Crippen LogP contribution in [0.5, 0.6) is 0 Å². The highest BCUT2D eigenvalue weighted by molar-refractivity contribution is 7.19. The molecule has 0 saturated carbocycles. The fourth-order valence-electron chi connectivity index (χ4n) is 2.94. The van der Waals surface area contributed by atoms with Crippen molar-refractivity contribution in [2.45, 2.75) is 13.8 Å². The minimum absolute atomic E-state index is 0.149. The van der Waals surface area contributed by atoms with Crippen molar-refractivity contribution in [2.75, 3.05) is 5.32 Å². The fraction of sp³-hybridized carbons (Fsp3) is 0.0833. The number of rotatable bonds is 4. The average Bonchev–Trinajstić information content (AvgIpc) is 3.13. The summed E-state index contributed by atoms with van der Waals surface area (Å²) >= 11 is 1.49. The summed E-state index contributed by atoms with van der Waals surface area (Å²) in [5.74, 6) is -0.149. The van der Waals surface area contributed by atoms with Crippen molar-refractivity contribution in [3.63, 3.8) is 0 Å². The number of nitrogens with zero attached hydrogens (tertiary/aromatic N) is 1. The smallest absolute Gasteiger partial charge is 0.257 e. The number of nitrogens with one attached hydrogen (secondary N) is 1. The van der Waals surface area contributed by atoms with Crippen LogP contribution in [0.1, 0.15) is 21.5 Å². The van der Waals surface area contributed by atoms with Gasteiger partial charge in [0.05, 0.1) is 10.6 Å². The van der Waals surface area contributed by atoms with Crippen molar-refractivity contribution >= 4 is 22.4 Å². The third-order valence-corrected chi connectivity index (χ3v) is 5.54. The molecule has 1 N–H and O–H groups in total. The van der Waals surface area contributed by atoms with Crippen molar-refractivity contribution < 1.29 is 4.79 Å². The Morgan fingerprint density at radius 2 is 1.39 bits per heavy atom. The molecule has 0 spiro atoms. The summed E-state index contributed by atoms with van der Waals surface area (Å²) in [5, 5.41) is 3.56. The first kappa shape index (κ1) is 18.1. The maximum absolute atomic E-state index is 12.6. The molecule has 0 saturated heterocycles. The molecule has 0 aliphatic carbocycles. The highest BCUT2D eigenvalue weighted by Crippen LogP contribution is 2.39. The van der Waals surface area contributed by atoms with Gasteiger partial charge in [-0.1, -0.05) is 89.2 Å². The summed E-state index contributed by atoms with van der Waals surface area (Å²) in [4.78, 5) is 18.4. The molecule has 1 amide bonds. The zero-order chi connectivity index (χ0) is 19.5. The van der Waals surface area contributed by atoms with Gasteiger partial charge in [0.15, 0.2) is 5.13 Å². The molecule has 0 aliphatic heterocycles. The highest BCUT2D eigenvalue weighted by atomic mass is 32.1. The fourth-order valence-corrected chi connectivity index (χ4v) is 3.93. The van der Waals surface area contributed by atoms with Gasteiger partial charge in [-0.2, -0.15) is 0 Å². The van der Waals surface area contributed by atoms with Gasteiger partial charge in [0.25, 0.3) is 5.91 Å². The summed E-state index contributed by atoms with van der Waals surface area (Å²) < 4.78 is 0. The Bertz CT molecular complexity index is 1100. The summed E-state index contributed by atoms with van der Waals surface area (Å²) in [7, 11) is 0. The van der Waals surface area contributed by atoms with E-state index >= 15 is 0 Å². The van der Waals surface area contributed by atoms with E-state index in [9.17, 15) is 4.79 Å². The molecule has 4 aromatic rings. The largest absolute Gasteiger partial charge is 0.298 e. The Morgan fingerprint density at radius 1 is 0.786 bits per heavy atom. The van der Waals surface area contributed by atoms with Gasteiger partial charge < -0.3 is 0 Å². The lowest BCUT2D eigenvalue weighted by atomic mass is 10.1. The Balaban J connectivity index is 1.71. The van der Waals surface area contributed by atoms with E-state index in [4.69, 9.17) is 4.98 Å². The minimum atomic E-state index is -0.149. The van der Waals surface area contributed by atoms with E-state index in [0.717, 1.165) is 27.3 Å². The van der Waals surface area contributed by atoms with Crippen LogP contribution in [-0.4, -0.2) is 10.9 Å². The molecule has 0 bridgehead atoms. The van der Waals surface area contributed by atoms with Gasteiger partial charge in [-0.25, -0.2) is 4.98 Å². The maximum atomic E-state index is 12.6. The molecule has 3 aromatic carbocycles. The van der Waals surface area contributed by atoms with E-state index in [2.05, 4.69) is 48.6 Å². The normalized spacial score (nSPS) is 10.6. The van der Waals surface area contributed by atoms with E-state index < -0.39 is 0 Å². The molecule has 0 unspecified atom stereocenters. The molecule has 0 radical (unpaired) electrons. The van der Waals surface area contributed by atoms with Gasteiger partial charge >= 0.3 is 0 Å². The molecule has 1 aromatic heterocycles. The molecular formula is C24H20N2OS. The second-order valence-corrected chi connectivity index (χ2v) is 7.75. The van der Waals surface area contributed by atoms with Crippen LogP contribution in [0.2, 0.25) is 0 Å². The maximum Gasteiger partial charge on any atom is 0.257 e. The number of aromatic nitrogens is 1. The van der Waals surface area contributed by atoms with Gasteiger partial charge in [0.1, 0.15) is 0 Å². The first-order valence-electron chi connectivity index (χ1n) is 9.11. The Kier molecular flexibility index (Phi) is 5.04. The second kappa shape index (κ2) is 7.79. The Labute approximate surface area is 168 Å². The van der Waals surface area contributed by atoms with Crippen LogP contribution < -0.4 is 5.32 Å². The van der Waals surface area contributed by atoms with E-state index in [-0.39, 0.29) is 5.91 Å². The number of thiazole rings is 1. The highest BCUT2D eigenvalue weighted by Gasteiger charge is 2.17. The average molecular weight is 385 g/mol. The first-order chi connectivity index (χ1) is 13.6. The minimum Gasteiger partial charge on any atom is -0.298 e. The zero-order valence-corrected chi connectivity index (χ0v) is 16.6. The third-order valence-electron chi connectivity index (χ3n) is 4.52. The molecule has 4 rings (SSSR count). The van der Waals surface area contributed by atoms with Gasteiger partial charge in [0, 0.05) is 11.1 Å². The molecular weight excluding hydrogens is 364 g/mol. The predicted molar refractivity (Wildman–Crippen MR) is 117 cm³/mol. The number of amides is 1. The molecule has 3 nitrogen and oxygen atoms in total. The van der Waals surface area contributed by atoms with Crippen molar-refractivity contribution in [3.8, 4) is 21.7 Å². The molecule has 28 heavy (non-hydrogen) atoms. The van der Waals surface area contributed by atoms with Crippen LogP contribution in [0.4, 0.5) is 5.13 Å². The lowest BCUT2D eigenvalue weighted by Gasteiger charge is -2.03. The lowest BCUT2D eigenvalue weighted by molar-refractivity contribution is 0.102. The van der Waals surface area contributed by atoms with Gasteiger partial charge in [-0.15, -0.1) is 0 Å². The van der Waals surface area contributed by atoms with Crippen LogP contribution >= 0.6 is 11.3 Å². The molecule has 0 atom stereocenters. The van der Waals surface area contributed by atoms with Crippen LogP contribution in [-0.2, 0) is 0 Å². The quantitative estimate of drug-likeness (QED) is 0.446. The standard InChI is InChI=1S/C24H20N2OS/c1-16-8-12-18(13-9-16)21-22(19-6-4-3-5-7-19)28-24(25-21)26-23(27)20-14-10-17(2)11-15-20/h3-15H,1-2H3,(H,25,26,27). The van der Waals surface area contributed by atoms with Crippen LogP contribution in [0.25, 0.3) is 21.7 Å². The van der Waals surface area contributed by atoms with E-state index in [1.54, 1.807) is 0 Å². The van der Waals surface area contributed by atoms with E-state index in [1.165, 1.54) is 16.9 Å². The number of benzene rings is 3. The number of anilines is 1. The van der Waals surface area contributed by atoms with E-state index in [0.29, 0.717) is 10.7 Å². The number of aryl methyl sites for hydroxylation is 2. The number of carbonyl (C=O) groups excluding carboxylic acids is 1. The van der Waals surface area contributed by atoms with Gasteiger partial charge in [-0.05, 0) is 31.5 Å². The molecule has 1 heterocycles. The van der Waals surface area contributed by atoms with Crippen molar-refractivity contribution in [3.05, 3.63) is 95.6 Å². The van der Waals surface area contributed by atoms with Crippen molar-refractivity contribution in [1.82, 2.24) is 4.98 Å². The second-order valence-electron chi connectivity index (χ2n) is 6.75. The van der Waals surface area contributed by atoms with Crippen molar-refractivity contribution in [2.24, 2.45) is 0 Å². The van der Waals surface area contributed by atoms with Crippen molar-refractivity contribution in [1.29, 1.82) is 0 Å². The summed E-state index contributed by atoms with van der Waals surface area (Å²) in [6, 6.07) is 26.0.